The Morgan fingerprint density at radius 3 is 1.89 bits per heavy atom. The highest BCUT2D eigenvalue weighted by Gasteiger charge is 2.41. The third-order valence-corrected chi connectivity index (χ3v) is 7.97. The van der Waals surface area contributed by atoms with Crippen molar-refractivity contribution in [1.82, 2.24) is 4.90 Å². The van der Waals surface area contributed by atoms with Crippen molar-refractivity contribution >= 4 is 11.4 Å². The van der Waals surface area contributed by atoms with Gasteiger partial charge in [-0.05, 0) is 78.0 Å². The zero-order valence-electron chi connectivity index (χ0n) is 20.5. The Hall–Kier alpha value is -3.56. The summed E-state index contributed by atoms with van der Waals surface area (Å²) in [6, 6.07) is 36.2. The highest BCUT2D eigenvalue weighted by atomic mass is 15.2. The number of rotatable bonds is 6. The lowest BCUT2D eigenvalue weighted by molar-refractivity contribution is 0.160. The fraction of sp³-hybridized carbons (Fsp3) is 0.250. The zero-order valence-corrected chi connectivity index (χ0v) is 20.5. The summed E-state index contributed by atoms with van der Waals surface area (Å²) in [7, 11) is 2.30. The van der Waals surface area contributed by atoms with Crippen LogP contribution in [0.3, 0.4) is 0 Å². The summed E-state index contributed by atoms with van der Waals surface area (Å²) in [6.45, 7) is 4.07. The van der Waals surface area contributed by atoms with Gasteiger partial charge in [-0.2, -0.15) is 0 Å². The van der Waals surface area contributed by atoms with Crippen molar-refractivity contribution in [2.24, 2.45) is 0 Å². The van der Waals surface area contributed by atoms with Crippen LogP contribution >= 0.6 is 0 Å². The fourth-order valence-corrected chi connectivity index (χ4v) is 5.93. The molecule has 0 saturated carbocycles. The van der Waals surface area contributed by atoms with Gasteiger partial charge in [0, 0.05) is 42.5 Å². The quantitative estimate of drug-likeness (QED) is 0.326. The normalized spacial score (nSPS) is 20.6. The molecule has 0 amide bonds. The molecule has 7 rings (SSSR count). The van der Waals surface area contributed by atoms with Crippen LogP contribution in [0.15, 0.2) is 97.1 Å². The van der Waals surface area contributed by atoms with Crippen molar-refractivity contribution in [3.8, 4) is 0 Å². The minimum atomic E-state index is 0.362. The molecule has 2 heterocycles. The van der Waals surface area contributed by atoms with Gasteiger partial charge in [-0.1, -0.05) is 72.8 Å². The minimum absolute atomic E-state index is 0.362. The van der Waals surface area contributed by atoms with Gasteiger partial charge in [0.2, 0.25) is 0 Å². The Kier molecular flexibility index (Phi) is 5.79. The fourth-order valence-electron chi connectivity index (χ4n) is 5.93. The van der Waals surface area contributed by atoms with Crippen LogP contribution in [0, 0.1) is 0 Å². The van der Waals surface area contributed by atoms with E-state index in [2.05, 4.69) is 127 Å². The molecule has 0 radical (unpaired) electrons. The molecule has 0 aromatic heterocycles. The molecule has 35 heavy (non-hydrogen) atoms. The summed E-state index contributed by atoms with van der Waals surface area (Å²) in [5, 5.41) is 7.33. The van der Waals surface area contributed by atoms with E-state index < -0.39 is 0 Å². The van der Waals surface area contributed by atoms with E-state index in [4.69, 9.17) is 0 Å². The zero-order chi connectivity index (χ0) is 23.8. The second-order valence-corrected chi connectivity index (χ2v) is 10.0. The molecule has 3 heteroatoms. The molecule has 1 aliphatic carbocycles. The molecule has 2 N–H and O–H groups in total. The molecule has 3 nitrogen and oxygen atoms in total. The predicted octanol–water partition coefficient (Wildman–Crippen LogP) is 6.97. The summed E-state index contributed by atoms with van der Waals surface area (Å²) >= 11 is 0. The Labute approximate surface area is 208 Å². The molecule has 3 aliphatic rings. The number of anilines is 2. The highest BCUT2D eigenvalue weighted by molar-refractivity contribution is 5.60. The van der Waals surface area contributed by atoms with Gasteiger partial charge in [-0.3, -0.25) is 4.90 Å². The maximum absolute atomic E-state index is 3.66. The van der Waals surface area contributed by atoms with E-state index in [1.165, 1.54) is 44.8 Å². The maximum atomic E-state index is 3.66. The molecule has 0 fully saturated rings. The Bertz CT molecular complexity index is 1320. The van der Waals surface area contributed by atoms with E-state index in [1.807, 2.05) is 0 Å². The number of fused-ring (bicyclic) bond motifs is 1. The second kappa shape index (κ2) is 9.24. The summed E-state index contributed by atoms with van der Waals surface area (Å²) in [4.78, 5) is 2.58. The standard InChI is InChI=1S/C32H33N3/c1-22-32-29-18-26(33-20-23-9-5-3-6-10-23)14-13-25(29)17-31(35(22)2)28-16-15-27(19-30(28)32)34-21-24-11-7-4-8-12-24/h3-16,18-19,22,31-34H,17,20-21H2,1-2H3/t22-,31-,32+/m1/s1. The van der Waals surface area contributed by atoms with E-state index in [0.29, 0.717) is 18.0 Å². The average Bonchev–Trinajstić information content (AvgIpc) is 3.11. The van der Waals surface area contributed by atoms with Gasteiger partial charge in [0.1, 0.15) is 0 Å². The first-order chi connectivity index (χ1) is 17.2. The lowest BCUT2D eigenvalue weighted by Crippen LogP contribution is -2.41. The van der Waals surface area contributed by atoms with Crippen molar-refractivity contribution in [1.29, 1.82) is 0 Å². The minimum Gasteiger partial charge on any atom is -0.381 e. The molecule has 3 atom stereocenters. The van der Waals surface area contributed by atoms with Crippen LogP contribution in [-0.4, -0.2) is 18.0 Å². The number of hydrogen-bond donors (Lipinski definition) is 2. The third kappa shape index (κ3) is 4.21. The molecule has 0 unspecified atom stereocenters. The predicted molar refractivity (Wildman–Crippen MR) is 146 cm³/mol. The third-order valence-electron chi connectivity index (χ3n) is 7.97. The number of nitrogens with one attached hydrogen (secondary N) is 2. The first-order valence-electron chi connectivity index (χ1n) is 12.7. The van der Waals surface area contributed by atoms with Crippen LogP contribution in [0.2, 0.25) is 0 Å². The van der Waals surface area contributed by atoms with Gasteiger partial charge in [0.15, 0.2) is 0 Å². The lowest BCUT2D eigenvalue weighted by Gasteiger charge is -2.42. The number of likely N-dealkylation sites (N-methyl/N-ethyl adjacent to an activating group) is 1. The highest BCUT2D eigenvalue weighted by Crippen LogP contribution is 2.49. The summed E-state index contributed by atoms with van der Waals surface area (Å²) in [6.07, 6.45) is 1.06. The smallest absolute Gasteiger partial charge is 0.0400 e. The monoisotopic (exact) mass is 459 g/mol. The van der Waals surface area contributed by atoms with Crippen LogP contribution in [0.4, 0.5) is 11.4 Å². The van der Waals surface area contributed by atoms with Crippen LogP contribution in [0.5, 0.6) is 0 Å². The van der Waals surface area contributed by atoms with Crippen molar-refractivity contribution in [2.75, 3.05) is 17.7 Å². The number of benzene rings is 4. The number of nitrogens with zero attached hydrogens (tertiary/aromatic N) is 1. The van der Waals surface area contributed by atoms with Gasteiger partial charge >= 0.3 is 0 Å². The van der Waals surface area contributed by atoms with Crippen molar-refractivity contribution in [3.63, 3.8) is 0 Å². The Morgan fingerprint density at radius 2 is 1.26 bits per heavy atom. The molecular formula is C32H33N3. The van der Waals surface area contributed by atoms with E-state index in [0.717, 1.165) is 19.5 Å². The van der Waals surface area contributed by atoms with Gasteiger partial charge in [-0.25, -0.2) is 0 Å². The SMILES string of the molecule is C[C@@H]1[C@H]2c3cc(NCc4ccccc4)ccc3C[C@H](c3ccc(NCc4ccccc4)cc32)N1C. The molecule has 2 aliphatic heterocycles. The summed E-state index contributed by atoms with van der Waals surface area (Å²) in [5.74, 6) is 0.362. The van der Waals surface area contributed by atoms with E-state index in [1.54, 1.807) is 0 Å². The maximum Gasteiger partial charge on any atom is 0.0400 e. The van der Waals surface area contributed by atoms with Crippen LogP contribution < -0.4 is 10.6 Å². The molecule has 176 valence electrons. The van der Waals surface area contributed by atoms with E-state index >= 15 is 0 Å². The van der Waals surface area contributed by atoms with Crippen LogP contribution in [0.1, 0.15) is 52.3 Å². The molecular weight excluding hydrogens is 426 g/mol. The largest absolute Gasteiger partial charge is 0.381 e. The summed E-state index contributed by atoms with van der Waals surface area (Å²) in [5.41, 5.74) is 10.9. The second-order valence-electron chi connectivity index (χ2n) is 10.0. The molecule has 0 saturated heterocycles. The van der Waals surface area contributed by atoms with Gasteiger partial charge < -0.3 is 10.6 Å². The molecule has 4 aromatic carbocycles. The molecule has 4 aromatic rings. The summed E-state index contributed by atoms with van der Waals surface area (Å²) < 4.78 is 0. The Morgan fingerprint density at radius 1 is 0.686 bits per heavy atom. The van der Waals surface area contributed by atoms with Crippen LogP contribution in [0.25, 0.3) is 0 Å². The van der Waals surface area contributed by atoms with E-state index in [-0.39, 0.29) is 0 Å². The van der Waals surface area contributed by atoms with Crippen molar-refractivity contribution < 1.29 is 0 Å². The first-order valence-corrected chi connectivity index (χ1v) is 12.7. The topological polar surface area (TPSA) is 27.3 Å². The lowest BCUT2D eigenvalue weighted by atomic mass is 9.79. The Balaban J connectivity index is 1.32. The first kappa shape index (κ1) is 21.9. The van der Waals surface area contributed by atoms with Gasteiger partial charge in [-0.15, -0.1) is 0 Å². The van der Waals surface area contributed by atoms with Gasteiger partial charge in [0.05, 0.1) is 0 Å². The van der Waals surface area contributed by atoms with Crippen molar-refractivity contribution in [3.05, 3.63) is 130 Å². The number of hydrogen-bond acceptors (Lipinski definition) is 3. The van der Waals surface area contributed by atoms with E-state index in [9.17, 15) is 0 Å². The average molecular weight is 460 g/mol. The van der Waals surface area contributed by atoms with Crippen molar-refractivity contribution in [2.45, 2.75) is 44.4 Å². The van der Waals surface area contributed by atoms with Gasteiger partial charge in [0.25, 0.3) is 0 Å². The molecule has 2 bridgehead atoms. The van der Waals surface area contributed by atoms with Crippen LogP contribution in [-0.2, 0) is 19.5 Å². The molecule has 0 spiro atoms.